The first-order valence-corrected chi connectivity index (χ1v) is 5.76. The molecule has 1 aliphatic heterocycles. The minimum Gasteiger partial charge on any atom is -0.488 e. The summed E-state index contributed by atoms with van der Waals surface area (Å²) < 4.78 is 7.82. The van der Waals surface area contributed by atoms with Crippen LogP contribution in [0.15, 0.2) is 30.5 Å². The second-order valence-electron chi connectivity index (χ2n) is 4.44. The molecule has 4 nitrogen and oxygen atoms in total. The predicted octanol–water partition coefficient (Wildman–Crippen LogP) is 1.78. The molecular weight excluding hydrogens is 214 g/mol. The molecule has 1 atom stereocenters. The number of imidazole rings is 1. The maximum Gasteiger partial charge on any atom is 0.200 e. The van der Waals surface area contributed by atoms with Crippen LogP contribution < -0.4 is 10.5 Å². The maximum absolute atomic E-state index is 5.87. The number of rotatable bonds is 2. The predicted molar refractivity (Wildman–Crippen MR) is 65.9 cm³/mol. The van der Waals surface area contributed by atoms with Crippen LogP contribution in [0.3, 0.4) is 0 Å². The van der Waals surface area contributed by atoms with Crippen molar-refractivity contribution in [3.63, 3.8) is 0 Å². The Hall–Kier alpha value is -1.97. The van der Waals surface area contributed by atoms with Crippen molar-refractivity contribution >= 4 is 5.95 Å². The molecule has 88 valence electrons. The summed E-state index contributed by atoms with van der Waals surface area (Å²) in [7, 11) is 0. The van der Waals surface area contributed by atoms with E-state index in [9.17, 15) is 0 Å². The molecule has 0 amide bonds. The summed E-state index contributed by atoms with van der Waals surface area (Å²) in [6.07, 6.45) is 3.05. The molecule has 0 spiro atoms. The molecule has 1 aromatic heterocycles. The zero-order valence-corrected chi connectivity index (χ0v) is 9.76. The highest BCUT2D eigenvalue weighted by Gasteiger charge is 2.23. The number of nitrogen functional groups attached to an aromatic ring is 1. The van der Waals surface area contributed by atoms with Crippen molar-refractivity contribution in [3.05, 3.63) is 41.7 Å². The second-order valence-corrected chi connectivity index (χ2v) is 4.44. The summed E-state index contributed by atoms with van der Waals surface area (Å²) >= 11 is 0. The quantitative estimate of drug-likeness (QED) is 0.854. The molecule has 1 aliphatic rings. The molecule has 0 aliphatic carbocycles. The number of para-hydroxylation sites is 1. The zero-order valence-electron chi connectivity index (χ0n) is 9.76. The summed E-state index contributed by atoms with van der Waals surface area (Å²) in [4.78, 5) is 4.19. The van der Waals surface area contributed by atoms with Gasteiger partial charge in [0.25, 0.3) is 0 Å². The van der Waals surface area contributed by atoms with E-state index in [0.29, 0.717) is 5.95 Å². The van der Waals surface area contributed by atoms with Gasteiger partial charge in [0.15, 0.2) is 5.95 Å². The van der Waals surface area contributed by atoms with Gasteiger partial charge in [0.05, 0.1) is 12.2 Å². The Balaban J connectivity index is 1.76. The van der Waals surface area contributed by atoms with Gasteiger partial charge < -0.3 is 15.0 Å². The third kappa shape index (κ3) is 1.86. The lowest BCUT2D eigenvalue weighted by atomic mass is 10.1. The smallest absolute Gasteiger partial charge is 0.200 e. The lowest BCUT2D eigenvalue weighted by molar-refractivity contribution is 0.210. The number of benzene rings is 1. The van der Waals surface area contributed by atoms with Crippen molar-refractivity contribution in [3.8, 4) is 5.75 Å². The van der Waals surface area contributed by atoms with E-state index >= 15 is 0 Å². The lowest BCUT2D eigenvalue weighted by Gasteiger charge is -2.12. The molecule has 2 aromatic rings. The summed E-state index contributed by atoms with van der Waals surface area (Å²) in [5, 5.41) is 0. The summed E-state index contributed by atoms with van der Waals surface area (Å²) in [6, 6.07) is 8.16. The average Bonchev–Trinajstić information content (AvgIpc) is 2.82. The number of hydrogen-bond acceptors (Lipinski definition) is 3. The number of aryl methyl sites for hydroxylation is 1. The van der Waals surface area contributed by atoms with E-state index in [0.717, 1.165) is 24.4 Å². The van der Waals surface area contributed by atoms with Crippen molar-refractivity contribution in [2.24, 2.45) is 0 Å². The highest BCUT2D eigenvalue weighted by molar-refractivity contribution is 5.37. The molecule has 2 heterocycles. The Morgan fingerprint density at radius 1 is 1.47 bits per heavy atom. The molecule has 17 heavy (non-hydrogen) atoms. The van der Waals surface area contributed by atoms with Gasteiger partial charge in [-0.15, -0.1) is 0 Å². The van der Waals surface area contributed by atoms with Crippen LogP contribution in [0.25, 0.3) is 0 Å². The molecule has 0 radical (unpaired) electrons. The fourth-order valence-electron chi connectivity index (χ4n) is 2.29. The summed E-state index contributed by atoms with van der Waals surface area (Å²) in [6.45, 7) is 2.69. The summed E-state index contributed by atoms with van der Waals surface area (Å²) in [5.74, 6) is 1.55. The number of aromatic nitrogens is 2. The maximum atomic E-state index is 5.87. The number of fused-ring (bicyclic) bond motifs is 1. The van der Waals surface area contributed by atoms with Gasteiger partial charge in [-0.25, -0.2) is 4.98 Å². The van der Waals surface area contributed by atoms with Gasteiger partial charge in [-0.1, -0.05) is 18.2 Å². The van der Waals surface area contributed by atoms with Crippen molar-refractivity contribution < 1.29 is 4.74 Å². The molecule has 2 N–H and O–H groups in total. The highest BCUT2D eigenvalue weighted by Crippen LogP contribution is 2.29. The Morgan fingerprint density at radius 3 is 3.00 bits per heavy atom. The fourth-order valence-corrected chi connectivity index (χ4v) is 2.29. The molecule has 1 aromatic carbocycles. The Labute approximate surface area is 100 Å². The number of ether oxygens (including phenoxy) is 1. The van der Waals surface area contributed by atoms with Gasteiger partial charge in [0.2, 0.25) is 0 Å². The van der Waals surface area contributed by atoms with Crippen molar-refractivity contribution in [2.75, 3.05) is 5.73 Å². The molecule has 0 saturated carbocycles. The molecular formula is C13H15N3O. The van der Waals surface area contributed by atoms with E-state index in [2.05, 4.69) is 11.1 Å². The molecule has 3 rings (SSSR count). The van der Waals surface area contributed by atoms with Gasteiger partial charge in [0, 0.05) is 12.6 Å². The number of anilines is 1. The van der Waals surface area contributed by atoms with Crippen LogP contribution >= 0.6 is 0 Å². The SMILES string of the molecule is Cc1cn(CC2Cc3ccccc3O2)c(N)n1. The molecule has 4 heteroatoms. The fraction of sp³-hybridized carbons (Fsp3) is 0.308. The van der Waals surface area contributed by atoms with Gasteiger partial charge in [-0.05, 0) is 18.6 Å². The Morgan fingerprint density at radius 2 is 2.29 bits per heavy atom. The first kappa shape index (κ1) is 10.2. The molecule has 0 bridgehead atoms. The van der Waals surface area contributed by atoms with Crippen LogP contribution in [-0.4, -0.2) is 15.7 Å². The average molecular weight is 229 g/mol. The Bertz CT molecular complexity index is 522. The normalized spacial score (nSPS) is 17.8. The van der Waals surface area contributed by atoms with Gasteiger partial charge in [-0.3, -0.25) is 0 Å². The van der Waals surface area contributed by atoms with Gasteiger partial charge in [-0.2, -0.15) is 0 Å². The van der Waals surface area contributed by atoms with Crippen molar-refractivity contribution in [1.29, 1.82) is 0 Å². The van der Waals surface area contributed by atoms with Crippen LogP contribution in [-0.2, 0) is 13.0 Å². The third-order valence-electron chi connectivity index (χ3n) is 3.04. The van der Waals surface area contributed by atoms with Crippen LogP contribution in [0.2, 0.25) is 0 Å². The van der Waals surface area contributed by atoms with Crippen molar-refractivity contribution in [2.45, 2.75) is 26.0 Å². The van der Waals surface area contributed by atoms with E-state index in [1.807, 2.05) is 35.9 Å². The number of nitrogens with zero attached hydrogens (tertiary/aromatic N) is 2. The zero-order chi connectivity index (χ0) is 11.8. The minimum absolute atomic E-state index is 0.156. The van der Waals surface area contributed by atoms with E-state index in [1.54, 1.807) is 0 Å². The first-order chi connectivity index (χ1) is 8.22. The van der Waals surface area contributed by atoms with E-state index in [4.69, 9.17) is 10.5 Å². The molecule has 1 unspecified atom stereocenters. The van der Waals surface area contributed by atoms with Crippen LogP contribution in [0.5, 0.6) is 5.75 Å². The lowest BCUT2D eigenvalue weighted by Crippen LogP contribution is -2.21. The van der Waals surface area contributed by atoms with E-state index < -0.39 is 0 Å². The third-order valence-corrected chi connectivity index (χ3v) is 3.04. The van der Waals surface area contributed by atoms with E-state index in [-0.39, 0.29) is 6.10 Å². The standard InChI is InChI=1S/C13H15N3O/c1-9-7-16(13(14)15-9)8-11-6-10-4-2-3-5-12(10)17-11/h2-5,7,11H,6,8H2,1H3,(H2,14,15). The van der Waals surface area contributed by atoms with Crippen LogP contribution in [0, 0.1) is 6.92 Å². The van der Waals surface area contributed by atoms with Gasteiger partial charge in [0.1, 0.15) is 11.9 Å². The highest BCUT2D eigenvalue weighted by atomic mass is 16.5. The monoisotopic (exact) mass is 229 g/mol. The van der Waals surface area contributed by atoms with E-state index in [1.165, 1.54) is 5.56 Å². The minimum atomic E-state index is 0.156. The van der Waals surface area contributed by atoms with Crippen LogP contribution in [0.4, 0.5) is 5.95 Å². The first-order valence-electron chi connectivity index (χ1n) is 5.76. The molecule has 0 saturated heterocycles. The molecule has 0 fully saturated rings. The second kappa shape index (κ2) is 3.80. The van der Waals surface area contributed by atoms with Crippen molar-refractivity contribution in [1.82, 2.24) is 9.55 Å². The van der Waals surface area contributed by atoms with Crippen LogP contribution in [0.1, 0.15) is 11.3 Å². The number of nitrogens with two attached hydrogens (primary N) is 1. The number of hydrogen-bond donors (Lipinski definition) is 1. The van der Waals surface area contributed by atoms with Gasteiger partial charge >= 0.3 is 0 Å². The largest absolute Gasteiger partial charge is 0.488 e. The topological polar surface area (TPSA) is 53.1 Å². The Kier molecular flexibility index (Phi) is 2.28. The summed E-state index contributed by atoms with van der Waals surface area (Å²) in [5.41, 5.74) is 8.03.